The van der Waals surface area contributed by atoms with Gasteiger partial charge in [0.15, 0.2) is 17.3 Å². The van der Waals surface area contributed by atoms with Gasteiger partial charge in [-0.15, -0.1) is 0 Å². The molecule has 0 radical (unpaired) electrons. The van der Waals surface area contributed by atoms with Gasteiger partial charge in [0, 0.05) is 6.54 Å². The van der Waals surface area contributed by atoms with Crippen LogP contribution in [0.15, 0.2) is 47.0 Å². The van der Waals surface area contributed by atoms with Crippen LogP contribution in [0.2, 0.25) is 0 Å². The number of hydrogen-bond acceptors (Lipinski definition) is 6. The van der Waals surface area contributed by atoms with Crippen LogP contribution in [0, 0.1) is 6.92 Å². The Morgan fingerprint density at radius 3 is 2.35 bits per heavy atom. The molecular formula is C25H31N3O3. The van der Waals surface area contributed by atoms with E-state index in [-0.39, 0.29) is 5.41 Å². The van der Waals surface area contributed by atoms with Crippen molar-refractivity contribution in [3.8, 4) is 11.5 Å². The summed E-state index contributed by atoms with van der Waals surface area (Å²) in [5.41, 5.74) is 3.56. The number of hydrogen-bond donors (Lipinski definition) is 0. The zero-order valence-corrected chi connectivity index (χ0v) is 18.9. The third-order valence-corrected chi connectivity index (χ3v) is 6.26. The molecule has 0 N–H and O–H groups in total. The van der Waals surface area contributed by atoms with Gasteiger partial charge in [0.05, 0.1) is 26.2 Å². The first-order chi connectivity index (χ1) is 15.0. The zero-order chi connectivity index (χ0) is 21.8. The second-order valence-corrected chi connectivity index (χ2v) is 8.53. The van der Waals surface area contributed by atoms with Crippen LogP contribution in [0.5, 0.6) is 11.5 Å². The summed E-state index contributed by atoms with van der Waals surface area (Å²) in [6.45, 7) is 3.44. The van der Waals surface area contributed by atoms with Crippen molar-refractivity contribution in [3.05, 3.63) is 70.9 Å². The lowest BCUT2D eigenvalue weighted by Gasteiger charge is -2.26. The molecule has 31 heavy (non-hydrogen) atoms. The first-order valence-corrected chi connectivity index (χ1v) is 10.8. The summed E-state index contributed by atoms with van der Waals surface area (Å²) in [5, 5.41) is 4.43. The Morgan fingerprint density at radius 1 is 0.968 bits per heavy atom. The van der Waals surface area contributed by atoms with Crippen molar-refractivity contribution >= 4 is 0 Å². The van der Waals surface area contributed by atoms with E-state index in [1.807, 2.05) is 25.2 Å². The van der Waals surface area contributed by atoms with E-state index < -0.39 is 0 Å². The lowest BCUT2D eigenvalue weighted by Crippen LogP contribution is -2.25. The predicted octanol–water partition coefficient (Wildman–Crippen LogP) is 4.89. The van der Waals surface area contributed by atoms with Gasteiger partial charge in [0.1, 0.15) is 0 Å². The molecular weight excluding hydrogens is 390 g/mol. The van der Waals surface area contributed by atoms with E-state index in [4.69, 9.17) is 19.0 Å². The topological polar surface area (TPSA) is 60.6 Å². The Morgan fingerprint density at radius 2 is 1.68 bits per heavy atom. The van der Waals surface area contributed by atoms with Gasteiger partial charge in [-0.05, 0) is 50.1 Å². The molecule has 164 valence electrons. The van der Waals surface area contributed by atoms with Crippen molar-refractivity contribution in [2.75, 3.05) is 21.3 Å². The minimum Gasteiger partial charge on any atom is -0.493 e. The average Bonchev–Trinajstić information content (AvgIpc) is 3.44. The van der Waals surface area contributed by atoms with Gasteiger partial charge in [-0.2, -0.15) is 4.98 Å². The van der Waals surface area contributed by atoms with Gasteiger partial charge in [0.25, 0.3) is 0 Å². The van der Waals surface area contributed by atoms with E-state index >= 15 is 0 Å². The molecule has 1 aromatic heterocycles. The summed E-state index contributed by atoms with van der Waals surface area (Å²) >= 11 is 0. The second kappa shape index (κ2) is 9.10. The monoisotopic (exact) mass is 421 g/mol. The molecule has 2 aromatic carbocycles. The SMILES string of the molecule is COc1ccc(CN(C)Cc2nc(C3(c4ccc(C)cc4)CCCC3)no2)cc1OC. The Hall–Kier alpha value is -2.86. The third-order valence-electron chi connectivity index (χ3n) is 6.26. The maximum atomic E-state index is 5.69. The molecule has 0 unspecified atom stereocenters. The van der Waals surface area contributed by atoms with Gasteiger partial charge in [-0.1, -0.05) is 53.9 Å². The quantitative estimate of drug-likeness (QED) is 0.516. The summed E-state index contributed by atoms with van der Waals surface area (Å²) in [6.07, 6.45) is 4.51. The first kappa shape index (κ1) is 21.4. The number of ether oxygens (including phenoxy) is 2. The molecule has 1 saturated carbocycles. The highest BCUT2D eigenvalue weighted by Crippen LogP contribution is 2.45. The number of aromatic nitrogens is 2. The molecule has 1 aliphatic carbocycles. The zero-order valence-electron chi connectivity index (χ0n) is 18.9. The van der Waals surface area contributed by atoms with Crippen LogP contribution in [-0.4, -0.2) is 36.3 Å². The van der Waals surface area contributed by atoms with Gasteiger partial charge < -0.3 is 14.0 Å². The Bertz CT molecular complexity index is 1010. The van der Waals surface area contributed by atoms with Crippen LogP contribution in [-0.2, 0) is 18.5 Å². The van der Waals surface area contributed by atoms with Crippen LogP contribution in [0.1, 0.15) is 54.1 Å². The van der Waals surface area contributed by atoms with Crippen molar-refractivity contribution in [2.24, 2.45) is 0 Å². The molecule has 1 heterocycles. The summed E-state index contributed by atoms with van der Waals surface area (Å²) in [7, 11) is 5.34. The van der Waals surface area contributed by atoms with E-state index in [0.29, 0.717) is 12.4 Å². The van der Waals surface area contributed by atoms with Crippen LogP contribution in [0.4, 0.5) is 0 Å². The lowest BCUT2D eigenvalue weighted by atomic mass is 9.78. The molecule has 0 bridgehead atoms. The van der Waals surface area contributed by atoms with Crippen molar-refractivity contribution in [1.29, 1.82) is 0 Å². The second-order valence-electron chi connectivity index (χ2n) is 8.53. The van der Waals surface area contributed by atoms with Crippen molar-refractivity contribution in [1.82, 2.24) is 15.0 Å². The molecule has 0 aliphatic heterocycles. The normalized spacial score (nSPS) is 15.4. The Balaban J connectivity index is 1.49. The van der Waals surface area contributed by atoms with Gasteiger partial charge in [-0.25, -0.2) is 0 Å². The molecule has 0 spiro atoms. The fraction of sp³-hybridized carbons (Fsp3) is 0.440. The summed E-state index contributed by atoms with van der Waals surface area (Å²) < 4.78 is 16.4. The predicted molar refractivity (Wildman–Crippen MR) is 119 cm³/mol. The van der Waals surface area contributed by atoms with E-state index in [0.717, 1.165) is 42.3 Å². The van der Waals surface area contributed by atoms with Gasteiger partial charge in [-0.3, -0.25) is 4.90 Å². The highest BCUT2D eigenvalue weighted by Gasteiger charge is 2.41. The largest absolute Gasteiger partial charge is 0.493 e. The number of methoxy groups -OCH3 is 2. The molecule has 1 fully saturated rings. The fourth-order valence-electron chi connectivity index (χ4n) is 4.58. The van der Waals surface area contributed by atoms with Gasteiger partial charge >= 0.3 is 0 Å². The average molecular weight is 422 g/mol. The molecule has 3 aromatic rings. The standard InChI is InChI=1S/C25H31N3O3/c1-18-7-10-20(11-8-18)25(13-5-6-14-25)24-26-23(31-27-24)17-28(2)16-19-9-12-21(29-3)22(15-19)30-4/h7-12,15H,5-6,13-14,16-17H2,1-4H3. The summed E-state index contributed by atoms with van der Waals surface area (Å²) in [4.78, 5) is 7.00. The first-order valence-electron chi connectivity index (χ1n) is 10.8. The number of benzene rings is 2. The summed E-state index contributed by atoms with van der Waals surface area (Å²) in [5.74, 6) is 2.93. The molecule has 4 rings (SSSR count). The van der Waals surface area contributed by atoms with E-state index in [1.165, 1.54) is 24.0 Å². The fourth-order valence-corrected chi connectivity index (χ4v) is 4.58. The van der Waals surface area contributed by atoms with E-state index in [2.05, 4.69) is 41.2 Å². The van der Waals surface area contributed by atoms with E-state index in [1.54, 1.807) is 14.2 Å². The Labute approximate surface area is 184 Å². The minimum absolute atomic E-state index is 0.128. The maximum absolute atomic E-state index is 5.69. The van der Waals surface area contributed by atoms with Crippen molar-refractivity contribution in [2.45, 2.75) is 51.1 Å². The molecule has 6 nitrogen and oxygen atoms in total. The van der Waals surface area contributed by atoms with Crippen LogP contribution < -0.4 is 9.47 Å². The van der Waals surface area contributed by atoms with Gasteiger partial charge in [0.2, 0.25) is 5.89 Å². The minimum atomic E-state index is -0.128. The smallest absolute Gasteiger partial charge is 0.240 e. The summed E-state index contributed by atoms with van der Waals surface area (Å²) in [6, 6.07) is 14.8. The molecule has 0 saturated heterocycles. The number of rotatable bonds is 8. The molecule has 6 heteroatoms. The third kappa shape index (κ3) is 4.44. The Kier molecular flexibility index (Phi) is 6.28. The van der Waals surface area contributed by atoms with Crippen molar-refractivity contribution < 1.29 is 14.0 Å². The van der Waals surface area contributed by atoms with Crippen LogP contribution in [0.3, 0.4) is 0 Å². The van der Waals surface area contributed by atoms with Crippen molar-refractivity contribution in [3.63, 3.8) is 0 Å². The molecule has 0 amide bonds. The number of aryl methyl sites for hydroxylation is 1. The van der Waals surface area contributed by atoms with E-state index in [9.17, 15) is 0 Å². The maximum Gasteiger partial charge on any atom is 0.240 e. The highest BCUT2D eigenvalue weighted by molar-refractivity contribution is 5.42. The lowest BCUT2D eigenvalue weighted by molar-refractivity contribution is 0.259. The van der Waals surface area contributed by atoms with Crippen LogP contribution in [0.25, 0.3) is 0 Å². The van der Waals surface area contributed by atoms with Crippen LogP contribution >= 0.6 is 0 Å². The highest BCUT2D eigenvalue weighted by atomic mass is 16.5. The molecule has 1 aliphatic rings. The number of nitrogens with zero attached hydrogens (tertiary/aromatic N) is 3. The molecule has 0 atom stereocenters.